The Morgan fingerprint density at radius 1 is 1.19 bits per heavy atom. The summed E-state index contributed by atoms with van der Waals surface area (Å²) >= 11 is 6.19. The molecule has 0 radical (unpaired) electrons. The maximum absolute atomic E-state index is 6.19. The van der Waals surface area contributed by atoms with Crippen LogP contribution in [0.3, 0.4) is 0 Å². The molecular weight excluding hydrogens is 418 g/mol. The number of piperidine rings is 1. The number of nitrogens with one attached hydrogen (secondary N) is 1. The van der Waals surface area contributed by atoms with Crippen molar-refractivity contribution in [1.29, 1.82) is 0 Å². The first-order valence-corrected chi connectivity index (χ1v) is 12.0. The number of hydrogen-bond donors (Lipinski definition) is 1. The summed E-state index contributed by atoms with van der Waals surface area (Å²) < 4.78 is 5.80. The van der Waals surface area contributed by atoms with E-state index in [9.17, 15) is 0 Å². The molecule has 4 nitrogen and oxygen atoms in total. The van der Waals surface area contributed by atoms with Crippen LogP contribution in [0, 0.1) is 12.8 Å². The van der Waals surface area contributed by atoms with E-state index in [1.807, 2.05) is 24.3 Å². The van der Waals surface area contributed by atoms with Gasteiger partial charge in [0, 0.05) is 24.2 Å². The van der Waals surface area contributed by atoms with Gasteiger partial charge in [-0.25, -0.2) is 0 Å². The van der Waals surface area contributed by atoms with E-state index in [1.54, 1.807) is 0 Å². The van der Waals surface area contributed by atoms with Crippen LogP contribution in [-0.4, -0.2) is 42.6 Å². The number of hydrogen-bond acceptors (Lipinski definition) is 4. The van der Waals surface area contributed by atoms with Gasteiger partial charge in [-0.1, -0.05) is 50.2 Å². The van der Waals surface area contributed by atoms with E-state index >= 15 is 0 Å². The highest BCUT2D eigenvalue weighted by Gasteiger charge is 2.24. The van der Waals surface area contributed by atoms with Gasteiger partial charge in [-0.3, -0.25) is 0 Å². The molecule has 1 fully saturated rings. The Hall–Kier alpha value is -2.17. The average molecular weight is 456 g/mol. The van der Waals surface area contributed by atoms with Crippen LogP contribution in [0.2, 0.25) is 5.02 Å². The summed E-state index contributed by atoms with van der Waals surface area (Å²) in [5.41, 5.74) is 3.73. The Balaban J connectivity index is 1.65. The number of likely N-dealkylation sites (tertiary alicyclic amines) is 1. The van der Waals surface area contributed by atoms with E-state index in [4.69, 9.17) is 16.3 Å². The topological polar surface area (TPSA) is 27.7 Å². The molecule has 3 rings (SSSR count). The van der Waals surface area contributed by atoms with E-state index in [2.05, 4.69) is 67.7 Å². The Bertz CT molecular complexity index is 873. The molecule has 1 aliphatic heterocycles. The monoisotopic (exact) mass is 455 g/mol. The minimum atomic E-state index is 0.480. The van der Waals surface area contributed by atoms with Crippen molar-refractivity contribution in [2.24, 2.45) is 5.92 Å². The zero-order chi connectivity index (χ0) is 23.1. The lowest BCUT2D eigenvalue weighted by Gasteiger charge is -2.40. The predicted octanol–water partition coefficient (Wildman–Crippen LogP) is 5.84. The zero-order valence-corrected chi connectivity index (χ0v) is 20.8. The summed E-state index contributed by atoms with van der Waals surface area (Å²) in [5, 5.41) is 4.37. The van der Waals surface area contributed by atoms with Crippen molar-refractivity contribution in [2.75, 3.05) is 26.7 Å². The van der Waals surface area contributed by atoms with Gasteiger partial charge in [-0.05, 0) is 86.8 Å². The molecular formula is C27H38ClN3O. The molecule has 0 atom stereocenters. The van der Waals surface area contributed by atoms with Gasteiger partial charge in [-0.15, -0.1) is 0 Å². The fourth-order valence-electron chi connectivity index (χ4n) is 4.04. The maximum Gasteiger partial charge on any atom is 0.119 e. The molecule has 0 unspecified atom stereocenters. The number of benzene rings is 2. The van der Waals surface area contributed by atoms with E-state index in [1.165, 1.54) is 16.7 Å². The smallest absolute Gasteiger partial charge is 0.119 e. The van der Waals surface area contributed by atoms with Crippen molar-refractivity contribution in [3.05, 3.63) is 76.6 Å². The van der Waals surface area contributed by atoms with Gasteiger partial charge in [0.05, 0.1) is 12.4 Å². The molecule has 0 amide bonds. The SMILES string of the molecule is C=C(NCc1ccc(OCC(C)C)cc1)N(Cc1ccc(Cl)cc1C)C1CCN(C)CC1. The fourth-order valence-corrected chi connectivity index (χ4v) is 4.27. The lowest BCUT2D eigenvalue weighted by molar-refractivity contribution is 0.138. The molecule has 0 saturated carbocycles. The molecule has 0 bridgehead atoms. The van der Waals surface area contributed by atoms with Gasteiger partial charge in [0.25, 0.3) is 0 Å². The normalized spacial score (nSPS) is 15.1. The summed E-state index contributed by atoms with van der Waals surface area (Å²) in [5.74, 6) is 2.43. The Morgan fingerprint density at radius 3 is 2.50 bits per heavy atom. The Labute approximate surface area is 199 Å². The molecule has 0 aliphatic carbocycles. The molecule has 2 aromatic carbocycles. The average Bonchev–Trinajstić information content (AvgIpc) is 2.77. The van der Waals surface area contributed by atoms with Crippen LogP contribution in [0.4, 0.5) is 0 Å². The van der Waals surface area contributed by atoms with Crippen molar-refractivity contribution in [1.82, 2.24) is 15.1 Å². The lowest BCUT2D eigenvalue weighted by Crippen LogP contribution is -2.45. The first-order chi connectivity index (χ1) is 15.3. The molecule has 5 heteroatoms. The van der Waals surface area contributed by atoms with Crippen LogP contribution in [0.1, 0.15) is 43.4 Å². The van der Waals surface area contributed by atoms with Gasteiger partial charge in [0.2, 0.25) is 0 Å². The van der Waals surface area contributed by atoms with Crippen molar-refractivity contribution in [3.63, 3.8) is 0 Å². The highest BCUT2D eigenvalue weighted by Crippen LogP contribution is 2.24. The van der Waals surface area contributed by atoms with Gasteiger partial charge < -0.3 is 19.9 Å². The number of rotatable bonds is 10. The van der Waals surface area contributed by atoms with E-state index in [-0.39, 0.29) is 0 Å². The quantitative estimate of drug-likeness (QED) is 0.487. The van der Waals surface area contributed by atoms with Gasteiger partial charge in [0.15, 0.2) is 0 Å². The maximum atomic E-state index is 6.19. The van der Waals surface area contributed by atoms with E-state index in [0.717, 1.165) is 62.2 Å². The number of ether oxygens (including phenoxy) is 1. The predicted molar refractivity (Wildman–Crippen MR) is 135 cm³/mol. The molecule has 1 N–H and O–H groups in total. The number of aryl methyl sites for hydroxylation is 1. The molecule has 0 spiro atoms. The molecule has 0 aromatic heterocycles. The van der Waals surface area contributed by atoms with Crippen molar-refractivity contribution >= 4 is 11.6 Å². The zero-order valence-electron chi connectivity index (χ0n) is 20.0. The summed E-state index contributed by atoms with van der Waals surface area (Å²) in [4.78, 5) is 4.85. The molecule has 32 heavy (non-hydrogen) atoms. The first kappa shape index (κ1) is 24.5. The highest BCUT2D eigenvalue weighted by atomic mass is 35.5. The van der Waals surface area contributed by atoms with Gasteiger partial charge in [-0.2, -0.15) is 0 Å². The molecule has 1 heterocycles. The van der Waals surface area contributed by atoms with Crippen LogP contribution in [0.5, 0.6) is 5.75 Å². The summed E-state index contributed by atoms with van der Waals surface area (Å²) in [6.07, 6.45) is 2.29. The molecule has 1 saturated heterocycles. The van der Waals surface area contributed by atoms with Crippen LogP contribution in [-0.2, 0) is 13.1 Å². The van der Waals surface area contributed by atoms with E-state index in [0.29, 0.717) is 12.0 Å². The van der Waals surface area contributed by atoms with Gasteiger partial charge >= 0.3 is 0 Å². The fraction of sp³-hybridized carbons (Fsp3) is 0.481. The summed E-state index contributed by atoms with van der Waals surface area (Å²) in [6.45, 7) is 15.4. The number of halogens is 1. The van der Waals surface area contributed by atoms with Crippen LogP contribution in [0.25, 0.3) is 0 Å². The Kier molecular flexibility index (Phi) is 8.89. The van der Waals surface area contributed by atoms with Crippen LogP contribution < -0.4 is 10.1 Å². The van der Waals surface area contributed by atoms with Crippen molar-refractivity contribution in [3.8, 4) is 5.75 Å². The molecule has 174 valence electrons. The summed E-state index contributed by atoms with van der Waals surface area (Å²) in [6, 6.07) is 15.0. The second-order valence-electron chi connectivity index (χ2n) is 9.38. The highest BCUT2D eigenvalue weighted by molar-refractivity contribution is 6.30. The third-order valence-corrected chi connectivity index (χ3v) is 6.36. The third-order valence-electron chi connectivity index (χ3n) is 6.12. The number of nitrogens with zero attached hydrogens (tertiary/aromatic N) is 2. The van der Waals surface area contributed by atoms with Gasteiger partial charge in [0.1, 0.15) is 5.75 Å². The standard InChI is InChI=1S/C27H38ClN3O/c1-20(2)19-32-27-10-6-23(7-11-27)17-29-22(4)31(26-12-14-30(5)15-13-26)18-24-8-9-25(28)16-21(24)3/h6-11,16,20,26,29H,4,12-15,17-19H2,1-3,5H3. The van der Waals surface area contributed by atoms with Crippen molar-refractivity contribution in [2.45, 2.75) is 52.7 Å². The van der Waals surface area contributed by atoms with Crippen molar-refractivity contribution < 1.29 is 4.74 Å². The largest absolute Gasteiger partial charge is 0.493 e. The minimum absolute atomic E-state index is 0.480. The van der Waals surface area contributed by atoms with Crippen LogP contribution >= 0.6 is 11.6 Å². The lowest BCUT2D eigenvalue weighted by atomic mass is 10.0. The summed E-state index contributed by atoms with van der Waals surface area (Å²) in [7, 11) is 2.20. The van der Waals surface area contributed by atoms with Crippen LogP contribution in [0.15, 0.2) is 54.9 Å². The third kappa shape index (κ3) is 7.18. The second-order valence-corrected chi connectivity index (χ2v) is 9.82. The first-order valence-electron chi connectivity index (χ1n) is 11.7. The molecule has 1 aliphatic rings. The Morgan fingerprint density at radius 2 is 1.88 bits per heavy atom. The minimum Gasteiger partial charge on any atom is -0.493 e. The van der Waals surface area contributed by atoms with E-state index < -0.39 is 0 Å². The second kappa shape index (κ2) is 11.6. The molecule has 2 aromatic rings.